The number of aliphatic hydroxyl groups is 1. The van der Waals surface area contributed by atoms with E-state index in [9.17, 15) is 4.79 Å². The van der Waals surface area contributed by atoms with E-state index in [0.717, 1.165) is 16.7 Å². The van der Waals surface area contributed by atoms with Gasteiger partial charge < -0.3 is 5.11 Å². The van der Waals surface area contributed by atoms with Crippen molar-refractivity contribution in [2.45, 2.75) is 27.2 Å². The molecular formula is C15H20O2. The Labute approximate surface area is 103 Å². The molecule has 1 aromatic carbocycles. The molecule has 0 radical (unpaired) electrons. The number of allylic oxidation sites excluding steroid dienone is 1. The van der Waals surface area contributed by atoms with Gasteiger partial charge in [-0.2, -0.15) is 0 Å². The number of hydrogen-bond donors (Lipinski definition) is 1. The summed E-state index contributed by atoms with van der Waals surface area (Å²) in [5.74, 6) is 0.116. The molecule has 0 aliphatic carbocycles. The second-order valence-corrected chi connectivity index (χ2v) is 4.45. The van der Waals surface area contributed by atoms with Gasteiger partial charge in [-0.3, -0.25) is 4.79 Å². The minimum atomic E-state index is 0.0152. The zero-order valence-corrected chi connectivity index (χ0v) is 10.7. The molecule has 0 aliphatic heterocycles. The van der Waals surface area contributed by atoms with Crippen molar-refractivity contribution in [3.8, 4) is 0 Å². The molecule has 0 heterocycles. The number of aliphatic hydroxyl groups excluding tert-OH is 1. The van der Waals surface area contributed by atoms with Crippen molar-refractivity contribution in [1.82, 2.24) is 0 Å². The summed E-state index contributed by atoms with van der Waals surface area (Å²) >= 11 is 0. The van der Waals surface area contributed by atoms with Gasteiger partial charge in [0, 0.05) is 18.6 Å². The van der Waals surface area contributed by atoms with Crippen LogP contribution < -0.4 is 0 Å². The number of Topliss-reactive ketones (excluding diaryl/α,β-unsaturated/α-hetero) is 1. The van der Waals surface area contributed by atoms with Crippen LogP contribution in [0.15, 0.2) is 24.3 Å². The highest BCUT2D eigenvalue weighted by atomic mass is 16.3. The van der Waals surface area contributed by atoms with Gasteiger partial charge in [0.15, 0.2) is 5.78 Å². The quantitative estimate of drug-likeness (QED) is 0.791. The van der Waals surface area contributed by atoms with Crippen LogP contribution in [0.1, 0.15) is 41.8 Å². The maximum atomic E-state index is 12.1. The second-order valence-electron chi connectivity index (χ2n) is 4.45. The van der Waals surface area contributed by atoms with Crippen LogP contribution in [0, 0.1) is 12.8 Å². The number of benzene rings is 1. The Balaban J connectivity index is 3.04. The van der Waals surface area contributed by atoms with Crippen molar-refractivity contribution in [2.75, 3.05) is 6.61 Å². The monoisotopic (exact) mass is 232 g/mol. The average Bonchev–Trinajstić information content (AvgIpc) is 2.31. The van der Waals surface area contributed by atoms with E-state index in [4.69, 9.17) is 5.11 Å². The Hall–Kier alpha value is -1.41. The molecule has 0 spiro atoms. The smallest absolute Gasteiger partial charge is 0.163 e. The van der Waals surface area contributed by atoms with Gasteiger partial charge in [-0.15, -0.1) is 0 Å². The lowest BCUT2D eigenvalue weighted by atomic mass is 9.94. The Kier molecular flexibility index (Phi) is 5.11. The van der Waals surface area contributed by atoms with E-state index in [1.807, 2.05) is 51.1 Å². The molecule has 1 N–H and O–H groups in total. The van der Waals surface area contributed by atoms with E-state index in [1.165, 1.54) is 0 Å². The fourth-order valence-electron chi connectivity index (χ4n) is 1.80. The van der Waals surface area contributed by atoms with Crippen molar-refractivity contribution in [1.29, 1.82) is 0 Å². The number of carbonyl (C=O) groups excluding carboxylic acids is 1. The number of carbonyl (C=O) groups is 1. The zero-order valence-electron chi connectivity index (χ0n) is 10.7. The summed E-state index contributed by atoms with van der Waals surface area (Å²) in [7, 11) is 0. The lowest BCUT2D eigenvalue weighted by molar-refractivity contribution is 0.0943. The minimum absolute atomic E-state index is 0.0152. The van der Waals surface area contributed by atoms with Crippen LogP contribution in [0.3, 0.4) is 0 Å². The van der Waals surface area contributed by atoms with Crippen molar-refractivity contribution in [3.05, 3.63) is 41.0 Å². The summed E-state index contributed by atoms with van der Waals surface area (Å²) < 4.78 is 0. The van der Waals surface area contributed by atoms with Gasteiger partial charge in [-0.05, 0) is 30.9 Å². The first-order chi connectivity index (χ1) is 8.10. The van der Waals surface area contributed by atoms with Gasteiger partial charge in [0.1, 0.15) is 0 Å². The Morgan fingerprint density at radius 3 is 2.76 bits per heavy atom. The molecule has 0 saturated carbocycles. The molecular weight excluding hydrogens is 212 g/mol. The van der Waals surface area contributed by atoms with Crippen LogP contribution >= 0.6 is 0 Å². The molecule has 17 heavy (non-hydrogen) atoms. The van der Waals surface area contributed by atoms with Crippen LogP contribution in [0.5, 0.6) is 0 Å². The van der Waals surface area contributed by atoms with Gasteiger partial charge in [-0.1, -0.05) is 37.3 Å². The van der Waals surface area contributed by atoms with E-state index in [1.54, 1.807) is 0 Å². The lowest BCUT2D eigenvalue weighted by Gasteiger charge is -2.11. The summed E-state index contributed by atoms with van der Waals surface area (Å²) in [5, 5.41) is 8.99. The summed E-state index contributed by atoms with van der Waals surface area (Å²) in [6.07, 6.45) is 4.30. The Morgan fingerprint density at radius 1 is 1.47 bits per heavy atom. The number of aryl methyl sites for hydroxylation is 1. The summed E-state index contributed by atoms with van der Waals surface area (Å²) in [6, 6.07) is 5.76. The normalized spacial score (nSPS) is 12.9. The Morgan fingerprint density at radius 2 is 2.18 bits per heavy atom. The highest BCUT2D eigenvalue weighted by Gasteiger charge is 2.14. The topological polar surface area (TPSA) is 37.3 Å². The zero-order chi connectivity index (χ0) is 12.8. The third kappa shape index (κ3) is 3.53. The van der Waals surface area contributed by atoms with Crippen LogP contribution in [0.25, 0.3) is 6.08 Å². The first-order valence-corrected chi connectivity index (χ1v) is 5.96. The molecule has 1 aromatic rings. The molecule has 1 rings (SSSR count). The molecule has 2 nitrogen and oxygen atoms in total. The molecule has 0 aliphatic rings. The molecule has 0 unspecified atom stereocenters. The second kappa shape index (κ2) is 6.36. The SMILES string of the molecule is C/C=C\c1c(C)cccc1C(=O)C[C@@H](C)CO. The molecule has 0 amide bonds. The first kappa shape index (κ1) is 13.7. The highest BCUT2D eigenvalue weighted by Crippen LogP contribution is 2.19. The van der Waals surface area contributed by atoms with E-state index in [-0.39, 0.29) is 18.3 Å². The number of rotatable bonds is 5. The van der Waals surface area contributed by atoms with Gasteiger partial charge in [0.05, 0.1) is 0 Å². The van der Waals surface area contributed by atoms with Crippen molar-refractivity contribution in [3.63, 3.8) is 0 Å². The van der Waals surface area contributed by atoms with Crippen LogP contribution in [-0.4, -0.2) is 17.5 Å². The molecule has 92 valence electrons. The molecule has 2 heteroatoms. The molecule has 1 atom stereocenters. The van der Waals surface area contributed by atoms with Gasteiger partial charge in [0.25, 0.3) is 0 Å². The van der Waals surface area contributed by atoms with Crippen LogP contribution in [-0.2, 0) is 0 Å². The third-order valence-electron chi connectivity index (χ3n) is 2.80. The highest BCUT2D eigenvalue weighted by molar-refractivity contribution is 6.00. The maximum absolute atomic E-state index is 12.1. The van der Waals surface area contributed by atoms with Crippen molar-refractivity contribution >= 4 is 11.9 Å². The van der Waals surface area contributed by atoms with E-state index < -0.39 is 0 Å². The Bertz CT molecular complexity index is 419. The standard InChI is InChI=1S/C15H20O2/c1-4-6-13-12(3)7-5-8-14(13)15(17)9-11(2)10-16/h4-8,11,16H,9-10H2,1-3H3/b6-4-/t11-/m1/s1. The number of hydrogen-bond acceptors (Lipinski definition) is 2. The predicted molar refractivity (Wildman–Crippen MR) is 71.1 cm³/mol. The van der Waals surface area contributed by atoms with Crippen molar-refractivity contribution < 1.29 is 9.90 Å². The van der Waals surface area contributed by atoms with Crippen molar-refractivity contribution in [2.24, 2.45) is 5.92 Å². The molecule has 0 bridgehead atoms. The maximum Gasteiger partial charge on any atom is 0.163 e. The fraction of sp³-hybridized carbons (Fsp3) is 0.400. The third-order valence-corrected chi connectivity index (χ3v) is 2.80. The average molecular weight is 232 g/mol. The lowest BCUT2D eigenvalue weighted by Crippen LogP contribution is -2.10. The minimum Gasteiger partial charge on any atom is -0.396 e. The summed E-state index contributed by atoms with van der Waals surface area (Å²) in [5.41, 5.74) is 2.85. The fourth-order valence-corrected chi connectivity index (χ4v) is 1.80. The molecule has 0 fully saturated rings. The summed E-state index contributed by atoms with van der Waals surface area (Å²) in [4.78, 5) is 12.1. The summed E-state index contributed by atoms with van der Waals surface area (Å²) in [6.45, 7) is 5.87. The van der Waals surface area contributed by atoms with Gasteiger partial charge >= 0.3 is 0 Å². The van der Waals surface area contributed by atoms with Crippen LogP contribution in [0.2, 0.25) is 0 Å². The largest absolute Gasteiger partial charge is 0.396 e. The van der Waals surface area contributed by atoms with Gasteiger partial charge in [-0.25, -0.2) is 0 Å². The predicted octanol–water partition coefficient (Wildman–Crippen LogP) is 3.23. The van der Waals surface area contributed by atoms with Crippen LogP contribution in [0.4, 0.5) is 0 Å². The van der Waals surface area contributed by atoms with E-state index in [0.29, 0.717) is 6.42 Å². The first-order valence-electron chi connectivity index (χ1n) is 5.96. The van der Waals surface area contributed by atoms with E-state index >= 15 is 0 Å². The van der Waals surface area contributed by atoms with Gasteiger partial charge in [0.2, 0.25) is 0 Å². The molecule has 0 aromatic heterocycles. The molecule has 0 saturated heterocycles. The van der Waals surface area contributed by atoms with E-state index in [2.05, 4.69) is 0 Å². The number of ketones is 1.